The summed E-state index contributed by atoms with van der Waals surface area (Å²) in [6.07, 6.45) is 1.84. The smallest absolute Gasteiger partial charge is 0.409 e. The molecule has 1 heterocycles. The van der Waals surface area contributed by atoms with Gasteiger partial charge in [-0.15, -0.1) is 0 Å². The molecule has 1 amide bonds. The average molecular weight is 214 g/mol. The summed E-state index contributed by atoms with van der Waals surface area (Å²) in [5.74, 6) is 0. The summed E-state index contributed by atoms with van der Waals surface area (Å²) in [5.41, 5.74) is 0. The maximum absolute atomic E-state index is 11.6. The van der Waals surface area contributed by atoms with Gasteiger partial charge in [0.2, 0.25) is 0 Å². The van der Waals surface area contributed by atoms with Crippen LogP contribution in [0.15, 0.2) is 0 Å². The van der Waals surface area contributed by atoms with Crippen LogP contribution in [0.3, 0.4) is 0 Å². The number of hydrogen-bond acceptors (Lipinski definition) is 3. The van der Waals surface area contributed by atoms with Crippen molar-refractivity contribution in [2.75, 3.05) is 19.7 Å². The Hall–Kier alpha value is -0.770. The van der Waals surface area contributed by atoms with E-state index in [2.05, 4.69) is 26.1 Å². The van der Waals surface area contributed by atoms with Crippen LogP contribution in [0.25, 0.3) is 0 Å². The second kappa shape index (κ2) is 5.95. The van der Waals surface area contributed by atoms with Gasteiger partial charge < -0.3 is 15.0 Å². The summed E-state index contributed by atoms with van der Waals surface area (Å²) in [4.78, 5) is 13.4. The Bertz CT molecular complexity index is 199. The molecular weight excluding hydrogens is 192 g/mol. The van der Waals surface area contributed by atoms with Gasteiger partial charge in [0.25, 0.3) is 0 Å². The third-order valence-corrected chi connectivity index (χ3v) is 2.54. The predicted octanol–water partition coefficient (Wildman–Crippen LogP) is 1.61. The molecule has 1 saturated heterocycles. The van der Waals surface area contributed by atoms with Gasteiger partial charge in [0.15, 0.2) is 0 Å². The fourth-order valence-corrected chi connectivity index (χ4v) is 1.87. The molecule has 2 atom stereocenters. The molecule has 0 aliphatic carbocycles. The average Bonchev–Trinajstić information content (AvgIpc) is 2.16. The number of nitrogens with zero attached hydrogens (tertiary/aromatic N) is 1. The molecule has 4 heteroatoms. The first-order valence-corrected chi connectivity index (χ1v) is 5.81. The SMILES string of the molecule is CCCCOC(=O)N1C[C@H](C)N[C@@H](C)C1. The predicted molar refractivity (Wildman–Crippen MR) is 59.9 cm³/mol. The van der Waals surface area contributed by atoms with Crippen molar-refractivity contribution in [3.8, 4) is 0 Å². The number of carbonyl (C=O) groups is 1. The van der Waals surface area contributed by atoms with E-state index >= 15 is 0 Å². The lowest BCUT2D eigenvalue weighted by Crippen LogP contribution is -2.55. The number of piperazine rings is 1. The van der Waals surface area contributed by atoms with E-state index in [-0.39, 0.29) is 6.09 Å². The summed E-state index contributed by atoms with van der Waals surface area (Å²) >= 11 is 0. The van der Waals surface area contributed by atoms with Crippen LogP contribution < -0.4 is 5.32 Å². The van der Waals surface area contributed by atoms with Crippen LogP contribution in [0.5, 0.6) is 0 Å². The molecule has 0 unspecified atom stereocenters. The Morgan fingerprint density at radius 3 is 2.53 bits per heavy atom. The third kappa shape index (κ3) is 4.08. The quantitative estimate of drug-likeness (QED) is 0.726. The summed E-state index contributed by atoms with van der Waals surface area (Å²) in [5, 5.41) is 3.38. The van der Waals surface area contributed by atoms with Crippen molar-refractivity contribution < 1.29 is 9.53 Å². The molecule has 0 aromatic carbocycles. The standard InChI is InChI=1S/C11H22N2O2/c1-4-5-6-15-11(14)13-7-9(2)12-10(3)8-13/h9-10,12H,4-8H2,1-3H3/t9-,10-/m0/s1. The van der Waals surface area contributed by atoms with Crippen molar-refractivity contribution in [3.63, 3.8) is 0 Å². The lowest BCUT2D eigenvalue weighted by atomic mass is 10.2. The number of carbonyl (C=O) groups excluding carboxylic acids is 1. The molecule has 0 radical (unpaired) electrons. The van der Waals surface area contributed by atoms with Gasteiger partial charge in [-0.2, -0.15) is 0 Å². The highest BCUT2D eigenvalue weighted by atomic mass is 16.6. The van der Waals surface area contributed by atoms with Gasteiger partial charge in [-0.1, -0.05) is 13.3 Å². The molecule has 0 spiro atoms. The van der Waals surface area contributed by atoms with Crippen molar-refractivity contribution in [1.82, 2.24) is 10.2 Å². The minimum atomic E-state index is -0.163. The van der Waals surface area contributed by atoms with E-state index in [1.165, 1.54) is 0 Å². The van der Waals surface area contributed by atoms with Crippen molar-refractivity contribution in [2.45, 2.75) is 45.7 Å². The monoisotopic (exact) mass is 214 g/mol. The highest BCUT2D eigenvalue weighted by Crippen LogP contribution is 2.06. The second-order valence-corrected chi connectivity index (χ2v) is 4.34. The van der Waals surface area contributed by atoms with Gasteiger partial charge in [-0.25, -0.2) is 4.79 Å². The number of unbranched alkanes of at least 4 members (excludes halogenated alkanes) is 1. The maximum Gasteiger partial charge on any atom is 0.409 e. The van der Waals surface area contributed by atoms with E-state index in [0.29, 0.717) is 18.7 Å². The molecular formula is C11H22N2O2. The van der Waals surface area contributed by atoms with Gasteiger partial charge in [0, 0.05) is 25.2 Å². The molecule has 0 aromatic heterocycles. The molecule has 1 aliphatic rings. The summed E-state index contributed by atoms with van der Waals surface area (Å²) in [6, 6.07) is 0.708. The van der Waals surface area contributed by atoms with Crippen LogP contribution in [0.1, 0.15) is 33.6 Å². The van der Waals surface area contributed by atoms with Gasteiger partial charge in [-0.3, -0.25) is 0 Å². The Labute approximate surface area is 92.0 Å². The number of amides is 1. The largest absolute Gasteiger partial charge is 0.449 e. The Morgan fingerprint density at radius 1 is 1.40 bits per heavy atom. The molecule has 0 aromatic rings. The topological polar surface area (TPSA) is 41.6 Å². The first-order chi connectivity index (χ1) is 7.13. The van der Waals surface area contributed by atoms with Gasteiger partial charge in [0.1, 0.15) is 0 Å². The highest BCUT2D eigenvalue weighted by Gasteiger charge is 2.25. The fraction of sp³-hybridized carbons (Fsp3) is 0.909. The normalized spacial score (nSPS) is 26.5. The van der Waals surface area contributed by atoms with E-state index in [0.717, 1.165) is 25.9 Å². The minimum Gasteiger partial charge on any atom is -0.449 e. The highest BCUT2D eigenvalue weighted by molar-refractivity contribution is 5.67. The fourth-order valence-electron chi connectivity index (χ4n) is 1.87. The van der Waals surface area contributed by atoms with E-state index in [4.69, 9.17) is 4.74 Å². The first kappa shape index (κ1) is 12.3. The summed E-state index contributed by atoms with van der Waals surface area (Å²) in [6.45, 7) is 8.29. The molecule has 1 N–H and O–H groups in total. The number of ether oxygens (including phenoxy) is 1. The van der Waals surface area contributed by atoms with Gasteiger partial charge in [-0.05, 0) is 20.3 Å². The van der Waals surface area contributed by atoms with Crippen molar-refractivity contribution in [1.29, 1.82) is 0 Å². The van der Waals surface area contributed by atoms with E-state index in [9.17, 15) is 4.79 Å². The van der Waals surface area contributed by atoms with E-state index in [1.54, 1.807) is 4.90 Å². The Morgan fingerprint density at radius 2 is 2.00 bits per heavy atom. The Balaban J connectivity index is 2.31. The molecule has 15 heavy (non-hydrogen) atoms. The first-order valence-electron chi connectivity index (χ1n) is 5.81. The third-order valence-electron chi connectivity index (χ3n) is 2.54. The van der Waals surface area contributed by atoms with Crippen LogP contribution in [0.2, 0.25) is 0 Å². The number of hydrogen-bond donors (Lipinski definition) is 1. The van der Waals surface area contributed by atoms with Gasteiger partial charge >= 0.3 is 6.09 Å². The lowest BCUT2D eigenvalue weighted by Gasteiger charge is -2.35. The Kier molecular flexibility index (Phi) is 4.88. The molecule has 1 aliphatic heterocycles. The van der Waals surface area contributed by atoms with Crippen LogP contribution in [-0.2, 0) is 4.74 Å². The minimum absolute atomic E-state index is 0.163. The van der Waals surface area contributed by atoms with Crippen LogP contribution in [-0.4, -0.2) is 42.8 Å². The molecule has 88 valence electrons. The lowest BCUT2D eigenvalue weighted by molar-refractivity contribution is 0.0834. The van der Waals surface area contributed by atoms with Crippen LogP contribution in [0, 0.1) is 0 Å². The summed E-state index contributed by atoms with van der Waals surface area (Å²) < 4.78 is 5.18. The van der Waals surface area contributed by atoms with E-state index < -0.39 is 0 Å². The number of nitrogens with one attached hydrogen (secondary N) is 1. The van der Waals surface area contributed by atoms with Crippen LogP contribution in [0.4, 0.5) is 4.79 Å². The molecule has 1 rings (SSSR count). The van der Waals surface area contributed by atoms with Crippen molar-refractivity contribution in [3.05, 3.63) is 0 Å². The maximum atomic E-state index is 11.6. The zero-order valence-electron chi connectivity index (χ0n) is 9.95. The molecule has 1 fully saturated rings. The van der Waals surface area contributed by atoms with Crippen LogP contribution >= 0.6 is 0 Å². The summed E-state index contributed by atoms with van der Waals surface area (Å²) in [7, 11) is 0. The zero-order chi connectivity index (χ0) is 11.3. The van der Waals surface area contributed by atoms with E-state index in [1.807, 2.05) is 0 Å². The zero-order valence-corrected chi connectivity index (χ0v) is 9.95. The molecule has 0 saturated carbocycles. The molecule has 4 nitrogen and oxygen atoms in total. The van der Waals surface area contributed by atoms with Gasteiger partial charge in [0.05, 0.1) is 6.61 Å². The van der Waals surface area contributed by atoms with Crippen molar-refractivity contribution in [2.24, 2.45) is 0 Å². The number of rotatable bonds is 3. The van der Waals surface area contributed by atoms with Crippen molar-refractivity contribution >= 4 is 6.09 Å². The second-order valence-electron chi connectivity index (χ2n) is 4.34. The molecule has 0 bridgehead atoms.